The first-order valence-corrected chi connectivity index (χ1v) is 17.8. The number of fused-ring (bicyclic) bond motifs is 1. The van der Waals surface area contributed by atoms with Gasteiger partial charge in [0.25, 0.3) is 11.8 Å². The Hall–Kier alpha value is -3.85. The molecular formula is C35H37ClF6N4O4S. The Morgan fingerprint density at radius 3 is 2.45 bits per heavy atom. The van der Waals surface area contributed by atoms with E-state index in [0.717, 1.165) is 45.8 Å². The van der Waals surface area contributed by atoms with Crippen molar-refractivity contribution >= 4 is 40.7 Å². The number of halogens is 7. The summed E-state index contributed by atoms with van der Waals surface area (Å²) in [5.41, 5.74) is -2.53. The van der Waals surface area contributed by atoms with E-state index in [1.165, 1.54) is 9.80 Å². The van der Waals surface area contributed by atoms with E-state index in [9.17, 15) is 35.9 Å². The average molecular weight is 759 g/mol. The number of benzene rings is 1. The van der Waals surface area contributed by atoms with E-state index in [1.54, 1.807) is 39.1 Å². The highest BCUT2D eigenvalue weighted by molar-refractivity contribution is 7.10. The SMILES string of the molecule is CCC[C@H]1N(C(=O)c2ncccc2C(F)(F)F)CCC[C@]1(Oc1csc(C(F)(F)F)c1)C(=O)N1Cc2ccc(Cl)cc2C[C@@H]1CN(C)C(=O)CC. The normalized spacial score (nSPS) is 20.9. The second-order valence-electron chi connectivity index (χ2n) is 12.8. The number of piperidine rings is 1. The zero-order chi connectivity index (χ0) is 37.3. The van der Waals surface area contributed by atoms with E-state index in [0.29, 0.717) is 22.8 Å². The minimum Gasteiger partial charge on any atom is -0.474 e. The van der Waals surface area contributed by atoms with E-state index in [4.69, 9.17) is 16.3 Å². The number of aromatic nitrogens is 1. The van der Waals surface area contributed by atoms with Gasteiger partial charge in [-0.2, -0.15) is 26.3 Å². The Morgan fingerprint density at radius 2 is 1.80 bits per heavy atom. The Morgan fingerprint density at radius 1 is 1.06 bits per heavy atom. The maximum Gasteiger partial charge on any atom is 0.425 e. The van der Waals surface area contributed by atoms with Crippen molar-refractivity contribution in [3.63, 3.8) is 0 Å². The maximum atomic E-state index is 15.3. The summed E-state index contributed by atoms with van der Waals surface area (Å²) in [5, 5.41) is 1.60. The number of ether oxygens (including phenoxy) is 1. The van der Waals surface area contributed by atoms with Crippen molar-refractivity contribution in [1.82, 2.24) is 19.7 Å². The molecule has 0 bridgehead atoms. The molecule has 3 amide bonds. The van der Waals surface area contributed by atoms with Gasteiger partial charge < -0.3 is 19.4 Å². The van der Waals surface area contributed by atoms with E-state index >= 15 is 4.79 Å². The molecule has 16 heteroatoms. The van der Waals surface area contributed by atoms with E-state index in [-0.39, 0.29) is 63.4 Å². The molecule has 3 aromatic rings. The molecule has 1 saturated heterocycles. The van der Waals surface area contributed by atoms with Crippen molar-refractivity contribution in [2.45, 2.75) is 89.0 Å². The van der Waals surface area contributed by atoms with E-state index in [1.807, 2.05) is 0 Å². The molecule has 4 heterocycles. The van der Waals surface area contributed by atoms with Crippen LogP contribution in [0.5, 0.6) is 5.75 Å². The van der Waals surface area contributed by atoms with Gasteiger partial charge in [-0.1, -0.05) is 37.9 Å². The third-order valence-corrected chi connectivity index (χ3v) is 10.6. The van der Waals surface area contributed by atoms with Crippen molar-refractivity contribution in [2.24, 2.45) is 0 Å². The zero-order valence-electron chi connectivity index (χ0n) is 28.1. The molecule has 0 N–H and O–H groups in total. The van der Waals surface area contributed by atoms with Crippen molar-refractivity contribution in [3.05, 3.63) is 80.3 Å². The molecular weight excluding hydrogens is 722 g/mol. The fraction of sp³-hybridized carbons (Fsp3) is 0.486. The summed E-state index contributed by atoms with van der Waals surface area (Å²) in [6.07, 6.45) is -7.62. The lowest BCUT2D eigenvalue weighted by molar-refractivity contribution is -0.164. The number of rotatable bonds is 9. The van der Waals surface area contributed by atoms with Crippen LogP contribution in [0.15, 0.2) is 48.0 Å². The highest BCUT2D eigenvalue weighted by atomic mass is 35.5. The summed E-state index contributed by atoms with van der Waals surface area (Å²) in [4.78, 5) is 49.1. The van der Waals surface area contributed by atoms with Gasteiger partial charge in [-0.15, -0.1) is 11.3 Å². The fourth-order valence-electron chi connectivity index (χ4n) is 7.02. The van der Waals surface area contributed by atoms with Crippen LogP contribution < -0.4 is 4.74 Å². The summed E-state index contributed by atoms with van der Waals surface area (Å²) in [6.45, 7) is 3.53. The Kier molecular flexibility index (Phi) is 11.3. The zero-order valence-corrected chi connectivity index (χ0v) is 29.7. The molecule has 0 radical (unpaired) electrons. The van der Waals surface area contributed by atoms with Gasteiger partial charge >= 0.3 is 12.4 Å². The highest BCUT2D eigenvalue weighted by Crippen LogP contribution is 2.43. The number of pyridine rings is 1. The number of alkyl halides is 6. The number of hydrogen-bond donors (Lipinski definition) is 0. The predicted octanol–water partition coefficient (Wildman–Crippen LogP) is 7.88. The lowest BCUT2D eigenvalue weighted by Gasteiger charge is -2.51. The second-order valence-corrected chi connectivity index (χ2v) is 14.1. The van der Waals surface area contributed by atoms with Crippen LogP contribution in [0, 0.1) is 0 Å². The molecule has 1 aromatic carbocycles. The number of amides is 3. The standard InChI is InChI=1S/C35H37ClF6N4O4S/c1-4-8-27-33(50-25-17-28(51-20-25)35(40,41)42,12-7-14-45(27)31(48)30-26(34(37,38)39)9-6-13-43-30)32(49)46-18-21-10-11-23(36)15-22(21)16-24(46)19-44(3)29(47)5-2/h6,9-11,13,15,17,20,24,27H,4-5,7-8,12,14,16,18-19H2,1-3H3/t24-,27-,33-/m1/s1. The summed E-state index contributed by atoms with van der Waals surface area (Å²) < 4.78 is 89.9. The van der Waals surface area contributed by atoms with Crippen molar-refractivity contribution in [1.29, 1.82) is 0 Å². The highest BCUT2D eigenvalue weighted by Gasteiger charge is 2.57. The third kappa shape index (κ3) is 7.98. The fourth-order valence-corrected chi connectivity index (χ4v) is 7.89. The van der Waals surface area contributed by atoms with Gasteiger partial charge in [-0.3, -0.25) is 19.4 Å². The summed E-state index contributed by atoms with van der Waals surface area (Å²) in [5.74, 6) is -2.17. The Bertz CT molecular complexity index is 1770. The van der Waals surface area contributed by atoms with Crippen LogP contribution in [0.4, 0.5) is 26.3 Å². The number of likely N-dealkylation sites (N-methyl/N-ethyl adjacent to an activating group) is 1. The first-order valence-electron chi connectivity index (χ1n) is 16.5. The summed E-state index contributed by atoms with van der Waals surface area (Å²) in [7, 11) is 1.60. The van der Waals surface area contributed by atoms with Gasteiger partial charge in [-0.05, 0) is 54.7 Å². The van der Waals surface area contributed by atoms with Crippen molar-refractivity contribution in [2.75, 3.05) is 20.1 Å². The van der Waals surface area contributed by atoms with Crippen LogP contribution in [0.1, 0.15) is 78.0 Å². The number of carbonyl (C=O) groups excluding carboxylic acids is 3. The monoisotopic (exact) mass is 758 g/mol. The number of hydrogen-bond acceptors (Lipinski definition) is 6. The van der Waals surface area contributed by atoms with E-state index < -0.39 is 58.0 Å². The maximum absolute atomic E-state index is 15.3. The number of thiophene rings is 1. The first kappa shape index (κ1) is 38.4. The third-order valence-electron chi connectivity index (χ3n) is 9.40. The smallest absolute Gasteiger partial charge is 0.425 e. The van der Waals surface area contributed by atoms with Gasteiger partial charge in [0.2, 0.25) is 11.5 Å². The summed E-state index contributed by atoms with van der Waals surface area (Å²) >= 11 is 6.68. The lowest BCUT2D eigenvalue weighted by Crippen LogP contribution is -2.69. The van der Waals surface area contributed by atoms with Gasteiger partial charge in [0.05, 0.1) is 17.6 Å². The van der Waals surface area contributed by atoms with Crippen LogP contribution in [0.25, 0.3) is 0 Å². The molecule has 8 nitrogen and oxygen atoms in total. The van der Waals surface area contributed by atoms with Crippen LogP contribution in [0.3, 0.4) is 0 Å². The van der Waals surface area contributed by atoms with Crippen molar-refractivity contribution < 1.29 is 45.5 Å². The largest absolute Gasteiger partial charge is 0.474 e. The molecule has 51 heavy (non-hydrogen) atoms. The number of nitrogens with zero attached hydrogens (tertiary/aromatic N) is 4. The van der Waals surface area contributed by atoms with Gasteiger partial charge in [0.1, 0.15) is 16.3 Å². The predicted molar refractivity (Wildman–Crippen MR) is 178 cm³/mol. The Balaban J connectivity index is 1.65. The molecule has 2 aliphatic heterocycles. The minimum absolute atomic E-state index is 0.0258. The van der Waals surface area contributed by atoms with Gasteiger partial charge in [-0.25, -0.2) is 0 Å². The number of likely N-dealkylation sites (tertiary alicyclic amines) is 1. The second kappa shape index (κ2) is 15.0. The molecule has 0 aliphatic carbocycles. The molecule has 5 rings (SSSR count). The molecule has 3 atom stereocenters. The topological polar surface area (TPSA) is 83.1 Å². The molecule has 2 aliphatic rings. The lowest BCUT2D eigenvalue weighted by atomic mass is 9.78. The van der Waals surface area contributed by atoms with Crippen LogP contribution in [0.2, 0.25) is 5.02 Å². The quantitative estimate of drug-likeness (QED) is 0.208. The van der Waals surface area contributed by atoms with Crippen LogP contribution in [-0.2, 0) is 34.9 Å². The minimum atomic E-state index is -4.91. The van der Waals surface area contributed by atoms with Gasteiger partial charge in [0, 0.05) is 62.2 Å². The van der Waals surface area contributed by atoms with E-state index in [2.05, 4.69) is 4.98 Å². The summed E-state index contributed by atoms with van der Waals surface area (Å²) in [6, 6.07) is 5.95. The van der Waals surface area contributed by atoms with Crippen LogP contribution >= 0.6 is 22.9 Å². The molecule has 2 aromatic heterocycles. The first-order chi connectivity index (χ1) is 24.0. The molecule has 1 fully saturated rings. The molecule has 276 valence electrons. The van der Waals surface area contributed by atoms with Crippen LogP contribution in [-0.4, -0.2) is 75.2 Å². The molecule has 0 spiro atoms. The Labute approximate surface area is 300 Å². The number of carbonyl (C=O) groups is 3. The average Bonchev–Trinajstić information content (AvgIpc) is 3.56. The molecule has 0 saturated carbocycles. The van der Waals surface area contributed by atoms with Gasteiger partial charge in [0.15, 0.2) is 0 Å². The van der Waals surface area contributed by atoms with Crippen molar-refractivity contribution in [3.8, 4) is 5.75 Å². The molecule has 0 unspecified atom stereocenters.